The predicted molar refractivity (Wildman–Crippen MR) is 123 cm³/mol. The van der Waals surface area contributed by atoms with Gasteiger partial charge in [0.15, 0.2) is 0 Å². The maximum Gasteiger partial charge on any atom is 0.330 e. The molecule has 1 fully saturated rings. The summed E-state index contributed by atoms with van der Waals surface area (Å²) in [7, 11) is 0. The first-order chi connectivity index (χ1) is 15.4. The van der Waals surface area contributed by atoms with E-state index in [0.29, 0.717) is 24.2 Å². The van der Waals surface area contributed by atoms with Crippen LogP contribution in [0.5, 0.6) is 0 Å². The first kappa shape index (κ1) is 23.5. The number of ether oxygens (including phenoxy) is 1. The molecule has 2 aromatic carbocycles. The maximum absolute atomic E-state index is 13.3. The Morgan fingerprint density at radius 3 is 2.25 bits per heavy atom. The number of nitrogens with zero attached hydrogens (tertiary/aromatic N) is 1. The number of carbonyl (C=O) groups excluding carboxylic acids is 3. The van der Waals surface area contributed by atoms with E-state index in [1.165, 1.54) is 0 Å². The van der Waals surface area contributed by atoms with Crippen LogP contribution < -0.4 is 5.32 Å². The van der Waals surface area contributed by atoms with Crippen molar-refractivity contribution in [2.75, 3.05) is 13.1 Å². The summed E-state index contributed by atoms with van der Waals surface area (Å²) in [6.07, 6.45) is 1.96. The molecule has 1 heterocycles. The lowest BCUT2D eigenvalue weighted by molar-refractivity contribution is -0.163. The monoisotopic (exact) mass is 436 g/mol. The average molecular weight is 437 g/mol. The molecule has 2 amide bonds. The summed E-state index contributed by atoms with van der Waals surface area (Å²) < 4.78 is 5.79. The van der Waals surface area contributed by atoms with E-state index in [1.54, 1.807) is 35.2 Å². The van der Waals surface area contributed by atoms with Crippen LogP contribution in [-0.2, 0) is 14.3 Å². The third kappa shape index (κ3) is 5.96. The second-order valence-corrected chi connectivity index (χ2v) is 8.68. The van der Waals surface area contributed by atoms with Gasteiger partial charge in [0, 0.05) is 24.2 Å². The van der Waals surface area contributed by atoms with Gasteiger partial charge in [-0.25, -0.2) is 4.79 Å². The molecule has 0 spiro atoms. The summed E-state index contributed by atoms with van der Waals surface area (Å²) >= 11 is 0. The van der Waals surface area contributed by atoms with Gasteiger partial charge in [-0.15, -0.1) is 0 Å². The molecule has 6 heteroatoms. The topological polar surface area (TPSA) is 75.7 Å². The number of likely N-dealkylation sites (tertiary alicyclic amines) is 1. The van der Waals surface area contributed by atoms with Crippen LogP contribution >= 0.6 is 0 Å². The van der Waals surface area contributed by atoms with Crippen molar-refractivity contribution in [3.63, 3.8) is 0 Å². The van der Waals surface area contributed by atoms with Gasteiger partial charge in [-0.05, 0) is 44.2 Å². The van der Waals surface area contributed by atoms with E-state index < -0.39 is 18.1 Å². The molecule has 0 aromatic heterocycles. The molecule has 1 N–H and O–H groups in total. The number of esters is 1. The standard InChI is InChI=1S/C26H32N2O4/c1-18(2)22(27-24(29)21-14-10-11-19(3)17-21)26(31)32-23(20-12-6-4-7-13-20)25(30)28-15-8-5-9-16-28/h4,6-7,10-14,17-18,22-23H,5,8-9,15-16H2,1-3H3,(H,27,29)/t22-,23?/m0/s1. The van der Waals surface area contributed by atoms with Gasteiger partial charge in [0.25, 0.3) is 11.8 Å². The lowest BCUT2D eigenvalue weighted by Crippen LogP contribution is -2.47. The summed E-state index contributed by atoms with van der Waals surface area (Å²) in [6, 6.07) is 15.4. The summed E-state index contributed by atoms with van der Waals surface area (Å²) in [5.74, 6) is -1.38. The van der Waals surface area contributed by atoms with Crippen molar-refractivity contribution in [3.8, 4) is 0 Å². The quantitative estimate of drug-likeness (QED) is 0.665. The van der Waals surface area contributed by atoms with Crippen molar-refractivity contribution >= 4 is 17.8 Å². The smallest absolute Gasteiger partial charge is 0.330 e. The summed E-state index contributed by atoms with van der Waals surface area (Å²) in [6.45, 7) is 6.91. The van der Waals surface area contributed by atoms with E-state index in [9.17, 15) is 14.4 Å². The van der Waals surface area contributed by atoms with Gasteiger partial charge in [0.1, 0.15) is 6.04 Å². The molecule has 0 aliphatic carbocycles. The van der Waals surface area contributed by atoms with Gasteiger partial charge < -0.3 is 15.0 Å². The van der Waals surface area contributed by atoms with Crippen molar-refractivity contribution in [3.05, 3.63) is 71.3 Å². The lowest BCUT2D eigenvalue weighted by atomic mass is 10.0. The fraction of sp³-hybridized carbons (Fsp3) is 0.423. The highest BCUT2D eigenvalue weighted by Crippen LogP contribution is 2.24. The summed E-state index contributed by atoms with van der Waals surface area (Å²) in [4.78, 5) is 41.0. The Bertz CT molecular complexity index is 936. The normalized spacial score (nSPS) is 15.7. The Labute approximate surface area is 189 Å². The van der Waals surface area contributed by atoms with Gasteiger partial charge in [0.05, 0.1) is 0 Å². The Morgan fingerprint density at radius 1 is 0.938 bits per heavy atom. The van der Waals surface area contributed by atoms with E-state index in [2.05, 4.69) is 5.32 Å². The van der Waals surface area contributed by atoms with Crippen molar-refractivity contribution in [2.24, 2.45) is 5.92 Å². The molecule has 0 bridgehead atoms. The average Bonchev–Trinajstić information content (AvgIpc) is 2.81. The molecule has 1 aliphatic rings. The molecule has 1 unspecified atom stereocenters. The highest BCUT2D eigenvalue weighted by atomic mass is 16.5. The minimum atomic E-state index is -1.03. The number of carbonyl (C=O) groups is 3. The van der Waals surface area contributed by atoms with Crippen LogP contribution in [0.4, 0.5) is 0 Å². The molecule has 3 rings (SSSR count). The van der Waals surface area contributed by atoms with Crippen LogP contribution in [0.3, 0.4) is 0 Å². The van der Waals surface area contributed by atoms with E-state index in [1.807, 2.05) is 45.0 Å². The van der Waals surface area contributed by atoms with Crippen LogP contribution in [-0.4, -0.2) is 41.8 Å². The molecular formula is C26H32N2O4. The van der Waals surface area contributed by atoms with Crippen LogP contribution in [0.1, 0.15) is 60.7 Å². The number of amides is 2. The molecule has 2 atom stereocenters. The zero-order valence-corrected chi connectivity index (χ0v) is 19.0. The van der Waals surface area contributed by atoms with Crippen LogP contribution in [0.15, 0.2) is 54.6 Å². The molecule has 1 saturated heterocycles. The first-order valence-corrected chi connectivity index (χ1v) is 11.3. The van der Waals surface area contributed by atoms with Crippen LogP contribution in [0, 0.1) is 12.8 Å². The SMILES string of the molecule is Cc1cccc(C(=O)N[C@H](C(=O)OC(C(=O)N2CCCCC2)c2ccccc2)C(C)C)c1. The first-order valence-electron chi connectivity index (χ1n) is 11.3. The third-order valence-electron chi connectivity index (χ3n) is 5.72. The van der Waals surface area contributed by atoms with Crippen molar-refractivity contribution in [1.82, 2.24) is 10.2 Å². The van der Waals surface area contributed by atoms with Gasteiger partial charge in [-0.1, -0.05) is 61.9 Å². The number of hydrogen-bond donors (Lipinski definition) is 1. The zero-order chi connectivity index (χ0) is 23.1. The van der Waals surface area contributed by atoms with Crippen molar-refractivity contribution < 1.29 is 19.1 Å². The van der Waals surface area contributed by atoms with Crippen molar-refractivity contribution in [2.45, 2.75) is 52.2 Å². The van der Waals surface area contributed by atoms with Gasteiger partial charge in [-0.3, -0.25) is 9.59 Å². The second-order valence-electron chi connectivity index (χ2n) is 8.68. The molecule has 32 heavy (non-hydrogen) atoms. The highest BCUT2D eigenvalue weighted by molar-refractivity contribution is 5.97. The van der Waals surface area contributed by atoms with E-state index in [0.717, 1.165) is 24.8 Å². The summed E-state index contributed by atoms with van der Waals surface area (Å²) in [5.41, 5.74) is 2.06. The lowest BCUT2D eigenvalue weighted by Gasteiger charge is -2.31. The molecule has 1 aliphatic heterocycles. The van der Waals surface area contributed by atoms with E-state index in [-0.39, 0.29) is 17.7 Å². The zero-order valence-electron chi connectivity index (χ0n) is 19.0. The molecular weight excluding hydrogens is 404 g/mol. The summed E-state index contributed by atoms with van der Waals surface area (Å²) in [5, 5.41) is 2.80. The van der Waals surface area contributed by atoms with E-state index >= 15 is 0 Å². The Morgan fingerprint density at radius 2 is 1.62 bits per heavy atom. The van der Waals surface area contributed by atoms with Crippen molar-refractivity contribution in [1.29, 1.82) is 0 Å². The fourth-order valence-electron chi connectivity index (χ4n) is 3.87. The van der Waals surface area contributed by atoms with Gasteiger partial charge >= 0.3 is 5.97 Å². The number of piperidine rings is 1. The Kier molecular flexibility index (Phi) is 8.03. The number of hydrogen-bond acceptors (Lipinski definition) is 4. The number of nitrogens with one attached hydrogen (secondary N) is 1. The highest BCUT2D eigenvalue weighted by Gasteiger charge is 2.34. The predicted octanol–water partition coefficient (Wildman–Crippen LogP) is 4.05. The maximum atomic E-state index is 13.3. The molecule has 0 saturated carbocycles. The van der Waals surface area contributed by atoms with Gasteiger partial charge in [-0.2, -0.15) is 0 Å². The Hall–Kier alpha value is -3.15. The van der Waals surface area contributed by atoms with Gasteiger partial charge in [0.2, 0.25) is 6.10 Å². The fourth-order valence-corrected chi connectivity index (χ4v) is 3.87. The largest absolute Gasteiger partial charge is 0.446 e. The number of benzene rings is 2. The minimum absolute atomic E-state index is 0.210. The Balaban J connectivity index is 1.79. The van der Waals surface area contributed by atoms with E-state index in [4.69, 9.17) is 4.74 Å². The number of aryl methyl sites for hydroxylation is 1. The van der Waals surface area contributed by atoms with Crippen LogP contribution in [0.2, 0.25) is 0 Å². The molecule has 6 nitrogen and oxygen atoms in total. The molecule has 0 radical (unpaired) electrons. The second kappa shape index (κ2) is 10.9. The number of rotatable bonds is 7. The molecule has 2 aromatic rings. The third-order valence-corrected chi connectivity index (χ3v) is 5.72. The van der Waals surface area contributed by atoms with Crippen LogP contribution in [0.25, 0.3) is 0 Å². The molecule has 170 valence electrons. The minimum Gasteiger partial charge on any atom is -0.446 e.